The number of nitrogens with zero attached hydrogens (tertiary/aromatic N) is 5. The zero-order chi connectivity index (χ0) is 88.4. The lowest BCUT2D eigenvalue weighted by atomic mass is 9.81. The van der Waals surface area contributed by atoms with Crippen molar-refractivity contribution in [3.8, 4) is 140 Å². The van der Waals surface area contributed by atoms with Crippen molar-refractivity contribution in [1.82, 2.24) is 24.5 Å². The number of hydrogen-bond acceptors (Lipinski definition) is 5. The van der Waals surface area contributed by atoms with Gasteiger partial charge in [0.1, 0.15) is 11.3 Å². The summed E-state index contributed by atoms with van der Waals surface area (Å²) in [6, 6.07) is 144. The number of rotatable bonds is 9. The van der Waals surface area contributed by atoms with Crippen molar-refractivity contribution in [3.63, 3.8) is 0 Å². The molecule has 4 aliphatic rings. The van der Waals surface area contributed by atoms with Crippen LogP contribution in [0, 0.1) is 0 Å². The molecule has 0 fully saturated rings. The highest BCUT2D eigenvalue weighted by Crippen LogP contribution is 2.57. The van der Waals surface area contributed by atoms with Gasteiger partial charge in [-0.05, 0) is 240 Å². The maximum Gasteiger partial charge on any atom is 0.227 e. The molecule has 0 radical (unpaired) electrons. The van der Waals surface area contributed by atoms with Gasteiger partial charge >= 0.3 is 0 Å². The van der Waals surface area contributed by atoms with Crippen molar-refractivity contribution >= 4 is 87.0 Å². The second kappa shape index (κ2) is 28.7. The van der Waals surface area contributed by atoms with Crippen molar-refractivity contribution < 1.29 is 4.42 Å². The lowest BCUT2D eigenvalue weighted by Crippen LogP contribution is -2.15. The molecule has 132 heavy (non-hydrogen) atoms. The van der Waals surface area contributed by atoms with Crippen LogP contribution in [0.25, 0.3) is 227 Å². The topological polar surface area (TPSA) is 69.6 Å². The van der Waals surface area contributed by atoms with Crippen LogP contribution in [0.5, 0.6) is 0 Å². The molecule has 6 nitrogen and oxygen atoms in total. The highest BCUT2D eigenvalue weighted by molar-refractivity contribution is 6.23. The average Bonchev–Trinajstić information content (AvgIpc) is 1.32. The second-order valence-corrected chi connectivity index (χ2v) is 38.6. The molecule has 27 rings (SSSR count). The van der Waals surface area contributed by atoms with Gasteiger partial charge in [0.2, 0.25) is 5.89 Å². The molecule has 0 unspecified atom stereocenters. The molecule has 6 heteroatoms. The fourth-order valence-corrected chi connectivity index (χ4v) is 23.1. The third kappa shape index (κ3) is 11.5. The van der Waals surface area contributed by atoms with Gasteiger partial charge in [0.25, 0.3) is 0 Å². The number of pyridine rings is 2. The molecule has 0 atom stereocenters. The third-order valence-corrected chi connectivity index (χ3v) is 29.9. The van der Waals surface area contributed by atoms with Gasteiger partial charge in [-0.25, -0.2) is 19.9 Å². The quantitative estimate of drug-likeness (QED) is 0.135. The second-order valence-electron chi connectivity index (χ2n) is 38.6. The standard InChI is InChI=1S/C64H44N2O.C62H45N3/c1-63(2)54-23-13-11-18-44(54)46-31-29-39(33-56(46)63)52-36-58(40-30-32-47-45-19-12-14-24-55(45)64(3,4)57(47)34-40)65-59-48-20-8-6-17-43(48)51(35-53(52)59)37-25-27-38(28-26-37)62-66-60-49-21-9-5-15-41(49)42-16-7-10-22-50(42)61(60)67-62;1-61(2)52-22-12-10-19-44(52)46-32-30-40(34-54(46)61)50-37-57(41-31-33-47-45-20-11-13-23-53(45)62(3,4)55(47)35-41)63-59-48-21-9-8-18-43(48)49(36-51(50)59)38-26-28-39(29-27-38)60-64-56-24-14-15-25-58(56)65(60)42-16-6-5-7-17-42/h5-36H,1-4H3;5-37H,1-4H3. The Labute approximate surface area is 766 Å². The zero-order valence-electron chi connectivity index (χ0n) is 74.7. The van der Waals surface area contributed by atoms with Gasteiger partial charge in [0, 0.05) is 81.9 Å². The predicted octanol–water partition coefficient (Wildman–Crippen LogP) is 33.1. The van der Waals surface area contributed by atoms with Crippen LogP contribution < -0.4 is 0 Å². The van der Waals surface area contributed by atoms with Gasteiger partial charge in [-0.3, -0.25) is 4.57 Å². The molecule has 0 aliphatic heterocycles. The van der Waals surface area contributed by atoms with E-state index in [9.17, 15) is 0 Å². The molecule has 0 amide bonds. The molecule has 0 bridgehead atoms. The van der Waals surface area contributed by atoms with E-state index in [0.29, 0.717) is 5.89 Å². The van der Waals surface area contributed by atoms with Crippen LogP contribution >= 0.6 is 0 Å². The summed E-state index contributed by atoms with van der Waals surface area (Å²) in [4.78, 5) is 21.6. The number of oxazole rings is 1. The van der Waals surface area contributed by atoms with Gasteiger partial charge in [-0.2, -0.15) is 0 Å². The first-order valence-electron chi connectivity index (χ1n) is 46.1. The summed E-state index contributed by atoms with van der Waals surface area (Å²) in [5.74, 6) is 1.54. The minimum absolute atomic E-state index is 0.118. The fraction of sp³-hybridized carbons (Fsp3) is 0.0952. The van der Waals surface area contributed by atoms with Gasteiger partial charge in [0.05, 0.1) is 33.5 Å². The molecule has 23 aromatic rings. The lowest BCUT2D eigenvalue weighted by molar-refractivity contribution is 0.623. The maximum absolute atomic E-state index is 6.66. The Morgan fingerprint density at radius 2 is 0.523 bits per heavy atom. The first-order valence-corrected chi connectivity index (χ1v) is 46.1. The molecule has 0 saturated heterocycles. The fourth-order valence-electron chi connectivity index (χ4n) is 23.1. The van der Waals surface area contributed by atoms with E-state index in [0.717, 1.165) is 133 Å². The van der Waals surface area contributed by atoms with Crippen LogP contribution in [-0.4, -0.2) is 24.5 Å². The molecular formula is C126H89N5O. The lowest BCUT2D eigenvalue weighted by Gasteiger charge is -2.23. The zero-order valence-corrected chi connectivity index (χ0v) is 74.7. The number of imidazole rings is 1. The first kappa shape index (κ1) is 77.1. The third-order valence-electron chi connectivity index (χ3n) is 29.9. The normalized spacial score (nSPS) is 14.2. The summed E-state index contributed by atoms with van der Waals surface area (Å²) >= 11 is 0. The van der Waals surface area contributed by atoms with E-state index in [2.05, 4.69) is 454 Å². The Morgan fingerprint density at radius 3 is 0.970 bits per heavy atom. The molecular weight excluding hydrogens is 1600 g/mol. The molecule has 19 aromatic carbocycles. The van der Waals surface area contributed by atoms with Crippen LogP contribution in [0.4, 0.5) is 0 Å². The first-order chi connectivity index (χ1) is 64.5. The summed E-state index contributed by atoms with van der Waals surface area (Å²) in [7, 11) is 0. The Bertz CT molecular complexity index is 8810. The van der Waals surface area contributed by atoms with Crippen molar-refractivity contribution in [2.75, 3.05) is 0 Å². The van der Waals surface area contributed by atoms with E-state index < -0.39 is 0 Å². The number of hydrogen-bond donors (Lipinski definition) is 0. The van der Waals surface area contributed by atoms with Crippen molar-refractivity contribution in [2.24, 2.45) is 0 Å². The van der Waals surface area contributed by atoms with Crippen LogP contribution in [-0.2, 0) is 21.7 Å². The number of para-hydroxylation sites is 3. The Kier molecular flexibility index (Phi) is 16.8. The SMILES string of the molecule is CC1(C)c2ccccc2-c2ccc(-c3cc(-c4ccc5c(c4)C(C)(C)c4ccccc4-5)c4cc(-c5ccc(-c6nc7c8ccccc8c8ccccc8c7o6)cc5)c5ccccc5c4n3)cc21.CC1(C)c2ccccc2-c2ccc(-c3cc(-c4ccc5c(c4)C(C)(C)c4ccccc4-5)c4cc(-c5ccc(-c6nc7ccccc7n6-c6ccccc6)cc5)c5ccccc5c4n3)cc21. The van der Waals surface area contributed by atoms with E-state index in [1.165, 1.54) is 133 Å². The molecule has 4 aliphatic carbocycles. The van der Waals surface area contributed by atoms with Crippen LogP contribution in [0.3, 0.4) is 0 Å². The van der Waals surface area contributed by atoms with E-state index in [-0.39, 0.29) is 21.7 Å². The summed E-state index contributed by atoms with van der Waals surface area (Å²) in [6.07, 6.45) is 0. The molecule has 0 N–H and O–H groups in total. The van der Waals surface area contributed by atoms with Gasteiger partial charge in [-0.1, -0.05) is 365 Å². The monoisotopic (exact) mass is 1690 g/mol. The average molecular weight is 1690 g/mol. The smallest absolute Gasteiger partial charge is 0.227 e. The maximum atomic E-state index is 6.66. The van der Waals surface area contributed by atoms with Gasteiger partial charge in [-0.15, -0.1) is 0 Å². The van der Waals surface area contributed by atoms with E-state index in [4.69, 9.17) is 24.4 Å². The Hall–Kier alpha value is -16.0. The number of benzene rings is 19. The summed E-state index contributed by atoms with van der Waals surface area (Å²) in [5.41, 5.74) is 43.4. The van der Waals surface area contributed by atoms with Crippen molar-refractivity contribution in [1.29, 1.82) is 0 Å². The van der Waals surface area contributed by atoms with Crippen LogP contribution in [0.15, 0.2) is 399 Å². The van der Waals surface area contributed by atoms with E-state index in [1.54, 1.807) is 0 Å². The summed E-state index contributed by atoms with van der Waals surface area (Å²) in [5, 5.41) is 11.4. The molecule has 624 valence electrons. The summed E-state index contributed by atoms with van der Waals surface area (Å²) < 4.78 is 8.93. The largest absolute Gasteiger partial charge is 0.435 e. The number of fused-ring (bicyclic) bond motifs is 25. The summed E-state index contributed by atoms with van der Waals surface area (Å²) in [6.45, 7) is 18.9. The number of aromatic nitrogens is 5. The van der Waals surface area contributed by atoms with E-state index >= 15 is 0 Å². The Morgan fingerprint density at radius 1 is 0.205 bits per heavy atom. The van der Waals surface area contributed by atoms with Crippen molar-refractivity contribution in [2.45, 2.75) is 77.0 Å². The van der Waals surface area contributed by atoms with Crippen molar-refractivity contribution in [3.05, 3.63) is 439 Å². The Balaban J connectivity index is 0.000000138. The minimum Gasteiger partial charge on any atom is -0.435 e. The minimum atomic E-state index is -0.136. The predicted molar refractivity (Wildman–Crippen MR) is 549 cm³/mol. The van der Waals surface area contributed by atoms with Crippen LogP contribution in [0.2, 0.25) is 0 Å². The highest BCUT2D eigenvalue weighted by atomic mass is 16.3. The molecule has 4 heterocycles. The highest BCUT2D eigenvalue weighted by Gasteiger charge is 2.41. The van der Waals surface area contributed by atoms with Gasteiger partial charge < -0.3 is 4.42 Å². The van der Waals surface area contributed by atoms with E-state index in [1.807, 2.05) is 0 Å². The van der Waals surface area contributed by atoms with Crippen LogP contribution in [0.1, 0.15) is 99.9 Å². The molecule has 0 saturated carbocycles. The molecule has 0 spiro atoms. The molecule has 4 aromatic heterocycles. The van der Waals surface area contributed by atoms with Gasteiger partial charge in [0.15, 0.2) is 5.58 Å².